The van der Waals surface area contributed by atoms with Gasteiger partial charge < -0.3 is 5.11 Å². The third-order valence-electron chi connectivity index (χ3n) is 2.54. The molecule has 0 aliphatic heterocycles. The summed E-state index contributed by atoms with van der Waals surface area (Å²) >= 11 is 0. The van der Waals surface area contributed by atoms with E-state index < -0.39 is 6.09 Å². The zero-order chi connectivity index (χ0) is 11.9. The molecule has 0 bridgehead atoms. The molecule has 0 aliphatic rings. The molecular weight excluding hydrogens is 208 g/mol. The van der Waals surface area contributed by atoms with E-state index in [1.165, 1.54) is 0 Å². The maximum atomic E-state index is 11.1. The van der Waals surface area contributed by atoms with Crippen molar-refractivity contribution in [2.75, 3.05) is 0 Å². The van der Waals surface area contributed by atoms with Gasteiger partial charge in [0.05, 0.1) is 16.6 Å². The Hall–Kier alpha value is -2.17. The summed E-state index contributed by atoms with van der Waals surface area (Å²) in [4.78, 5) is 26.2. The van der Waals surface area contributed by atoms with Gasteiger partial charge in [-0.1, -0.05) is 0 Å². The fourth-order valence-corrected chi connectivity index (χ4v) is 1.79. The second-order valence-electron chi connectivity index (χ2n) is 3.56. The number of carboxylic acid groups (broad SMARTS) is 1. The molecule has 0 atom stereocenters. The lowest BCUT2D eigenvalue weighted by atomic mass is 10.2. The van der Waals surface area contributed by atoms with E-state index >= 15 is 0 Å². The van der Waals surface area contributed by atoms with Gasteiger partial charge in [-0.15, -0.1) is 0 Å². The van der Waals surface area contributed by atoms with Crippen LogP contribution in [0.3, 0.4) is 0 Å². The SMILES string of the molecule is Cc1ccc2c(n1)c(C=O)c(C)n2C(=O)O. The average Bonchev–Trinajstić information content (AvgIpc) is 2.49. The van der Waals surface area contributed by atoms with Crippen LogP contribution in [-0.2, 0) is 0 Å². The normalized spacial score (nSPS) is 10.6. The molecule has 2 aromatic rings. The Morgan fingerprint density at radius 3 is 2.69 bits per heavy atom. The molecule has 0 unspecified atom stereocenters. The van der Waals surface area contributed by atoms with Gasteiger partial charge in [0.15, 0.2) is 6.29 Å². The lowest BCUT2D eigenvalue weighted by molar-refractivity contribution is 0.112. The molecular formula is C11H10N2O3. The molecule has 82 valence electrons. The molecule has 0 amide bonds. The molecule has 16 heavy (non-hydrogen) atoms. The van der Waals surface area contributed by atoms with Crippen molar-refractivity contribution in [3.05, 3.63) is 29.1 Å². The maximum Gasteiger partial charge on any atom is 0.416 e. The zero-order valence-electron chi connectivity index (χ0n) is 8.89. The molecule has 0 spiro atoms. The van der Waals surface area contributed by atoms with Gasteiger partial charge in [-0.25, -0.2) is 9.36 Å². The summed E-state index contributed by atoms with van der Waals surface area (Å²) < 4.78 is 1.07. The number of carbonyl (C=O) groups is 2. The number of hydrogen-bond donors (Lipinski definition) is 1. The smallest absolute Gasteiger partial charge is 0.416 e. The molecule has 2 aromatic heterocycles. The molecule has 2 rings (SSSR count). The highest BCUT2D eigenvalue weighted by Crippen LogP contribution is 2.22. The van der Waals surface area contributed by atoms with Crippen molar-refractivity contribution in [1.29, 1.82) is 0 Å². The van der Waals surface area contributed by atoms with E-state index in [1.807, 2.05) is 0 Å². The van der Waals surface area contributed by atoms with E-state index in [0.29, 0.717) is 28.6 Å². The summed E-state index contributed by atoms with van der Waals surface area (Å²) in [7, 11) is 0. The van der Waals surface area contributed by atoms with Crippen molar-refractivity contribution in [2.45, 2.75) is 13.8 Å². The minimum Gasteiger partial charge on any atom is -0.464 e. The number of pyridine rings is 1. The van der Waals surface area contributed by atoms with Crippen molar-refractivity contribution < 1.29 is 14.7 Å². The van der Waals surface area contributed by atoms with E-state index in [0.717, 1.165) is 10.3 Å². The molecule has 0 saturated heterocycles. The van der Waals surface area contributed by atoms with Gasteiger partial charge in [-0.2, -0.15) is 0 Å². The number of aldehydes is 1. The first kappa shape index (κ1) is 10.4. The molecule has 0 saturated carbocycles. The minimum absolute atomic E-state index is 0.334. The number of fused-ring (bicyclic) bond motifs is 1. The summed E-state index contributed by atoms with van der Waals surface area (Å²) in [5.41, 5.74) is 2.36. The first-order valence-corrected chi connectivity index (χ1v) is 4.73. The van der Waals surface area contributed by atoms with Gasteiger partial charge in [-0.3, -0.25) is 9.78 Å². The molecule has 0 aromatic carbocycles. The van der Waals surface area contributed by atoms with Crippen LogP contribution < -0.4 is 0 Å². The van der Waals surface area contributed by atoms with E-state index in [4.69, 9.17) is 5.11 Å². The van der Waals surface area contributed by atoms with Crippen LogP contribution in [0.2, 0.25) is 0 Å². The zero-order valence-corrected chi connectivity index (χ0v) is 8.89. The largest absolute Gasteiger partial charge is 0.464 e. The first-order valence-electron chi connectivity index (χ1n) is 4.73. The van der Waals surface area contributed by atoms with E-state index in [2.05, 4.69) is 4.98 Å². The van der Waals surface area contributed by atoms with Crippen LogP contribution >= 0.6 is 0 Å². The van der Waals surface area contributed by atoms with Crippen LogP contribution in [0.1, 0.15) is 21.7 Å². The molecule has 1 N–H and O–H groups in total. The highest BCUT2D eigenvalue weighted by atomic mass is 16.4. The Labute approximate surface area is 91.3 Å². The predicted octanol–water partition coefficient (Wildman–Crippen LogP) is 1.99. The number of aromatic nitrogens is 2. The van der Waals surface area contributed by atoms with Crippen molar-refractivity contribution >= 4 is 23.4 Å². The van der Waals surface area contributed by atoms with Crippen LogP contribution in [0, 0.1) is 13.8 Å². The third kappa shape index (κ3) is 1.29. The summed E-state index contributed by atoms with van der Waals surface area (Å²) in [5, 5.41) is 9.06. The summed E-state index contributed by atoms with van der Waals surface area (Å²) in [6, 6.07) is 3.38. The van der Waals surface area contributed by atoms with E-state index in [9.17, 15) is 9.59 Å². The average molecular weight is 218 g/mol. The summed E-state index contributed by atoms with van der Waals surface area (Å²) in [6.07, 6.45) is -0.468. The molecule has 0 fully saturated rings. The summed E-state index contributed by atoms with van der Waals surface area (Å²) in [6.45, 7) is 3.39. The highest BCUT2D eigenvalue weighted by Gasteiger charge is 2.18. The Bertz CT molecular complexity index is 599. The fraction of sp³-hybridized carbons (Fsp3) is 0.182. The number of carbonyl (C=O) groups excluding carboxylic acids is 1. The van der Waals surface area contributed by atoms with Crippen molar-refractivity contribution in [3.63, 3.8) is 0 Å². The summed E-state index contributed by atoms with van der Waals surface area (Å²) in [5.74, 6) is 0. The number of hydrogen-bond acceptors (Lipinski definition) is 3. The fourth-order valence-electron chi connectivity index (χ4n) is 1.79. The highest BCUT2D eigenvalue weighted by molar-refractivity contribution is 6.00. The number of aryl methyl sites for hydroxylation is 1. The molecule has 5 nitrogen and oxygen atoms in total. The molecule has 0 radical (unpaired) electrons. The van der Waals surface area contributed by atoms with Crippen molar-refractivity contribution in [3.8, 4) is 0 Å². The number of nitrogens with zero attached hydrogens (tertiary/aromatic N) is 2. The number of rotatable bonds is 1. The Kier molecular flexibility index (Phi) is 2.23. The van der Waals surface area contributed by atoms with Crippen molar-refractivity contribution in [1.82, 2.24) is 9.55 Å². The van der Waals surface area contributed by atoms with Gasteiger partial charge in [-0.05, 0) is 26.0 Å². The Morgan fingerprint density at radius 2 is 2.12 bits per heavy atom. The van der Waals surface area contributed by atoms with E-state index in [1.54, 1.807) is 26.0 Å². The van der Waals surface area contributed by atoms with Gasteiger partial charge >= 0.3 is 6.09 Å². The topological polar surface area (TPSA) is 72.2 Å². The van der Waals surface area contributed by atoms with Crippen LogP contribution in [0.25, 0.3) is 11.0 Å². The predicted molar refractivity (Wildman–Crippen MR) is 58.0 cm³/mol. The van der Waals surface area contributed by atoms with Crippen LogP contribution in [0.5, 0.6) is 0 Å². The van der Waals surface area contributed by atoms with Crippen LogP contribution in [0.4, 0.5) is 4.79 Å². The van der Waals surface area contributed by atoms with Crippen molar-refractivity contribution in [2.24, 2.45) is 0 Å². The second-order valence-corrected chi connectivity index (χ2v) is 3.56. The first-order chi connectivity index (χ1) is 7.56. The lowest BCUT2D eigenvalue weighted by Gasteiger charge is -1.99. The molecule has 2 heterocycles. The van der Waals surface area contributed by atoms with E-state index in [-0.39, 0.29) is 0 Å². The Morgan fingerprint density at radius 1 is 1.44 bits per heavy atom. The van der Waals surface area contributed by atoms with Crippen LogP contribution in [0.15, 0.2) is 12.1 Å². The van der Waals surface area contributed by atoms with Gasteiger partial charge in [0.2, 0.25) is 0 Å². The van der Waals surface area contributed by atoms with Gasteiger partial charge in [0.1, 0.15) is 0 Å². The minimum atomic E-state index is -1.11. The van der Waals surface area contributed by atoms with Gasteiger partial charge in [0.25, 0.3) is 0 Å². The molecule has 5 heteroatoms. The monoisotopic (exact) mass is 218 g/mol. The lowest BCUT2D eigenvalue weighted by Crippen LogP contribution is -2.09. The van der Waals surface area contributed by atoms with Gasteiger partial charge in [0, 0.05) is 11.4 Å². The Balaban J connectivity index is 2.97. The quantitative estimate of drug-likeness (QED) is 0.743. The maximum absolute atomic E-state index is 11.1. The van der Waals surface area contributed by atoms with Crippen LogP contribution in [-0.4, -0.2) is 27.0 Å². The third-order valence-corrected chi connectivity index (χ3v) is 2.54. The molecule has 0 aliphatic carbocycles. The standard InChI is InChI=1S/C11H10N2O3/c1-6-3-4-9-10(12-6)8(5-14)7(2)13(9)11(15)16/h3-5H,1-2H3,(H,15,16). The second kappa shape index (κ2) is 3.44.